The number of hydrogen-bond acceptors (Lipinski definition) is 4. The summed E-state index contributed by atoms with van der Waals surface area (Å²) in [4.78, 5) is 16.7. The van der Waals surface area contributed by atoms with E-state index in [1.165, 1.54) is 0 Å². The van der Waals surface area contributed by atoms with E-state index in [4.69, 9.17) is 5.73 Å². The van der Waals surface area contributed by atoms with E-state index in [1.807, 2.05) is 24.6 Å². The number of hydrogen-bond donors (Lipinski definition) is 2. The van der Waals surface area contributed by atoms with Crippen LogP contribution in [0.5, 0.6) is 0 Å². The Labute approximate surface area is 124 Å². The van der Waals surface area contributed by atoms with Crippen LogP contribution in [0.25, 0.3) is 11.0 Å². The minimum absolute atomic E-state index is 0.0788. The molecule has 0 saturated heterocycles. The van der Waals surface area contributed by atoms with Crippen LogP contribution in [0.1, 0.15) is 40.2 Å². The van der Waals surface area contributed by atoms with Gasteiger partial charge in [-0.1, -0.05) is 6.92 Å². The normalized spacial score (nSPS) is 14.4. The van der Waals surface area contributed by atoms with Crippen molar-refractivity contribution in [2.75, 3.05) is 11.9 Å². The van der Waals surface area contributed by atoms with Crippen LogP contribution in [0.2, 0.25) is 0 Å². The fourth-order valence-corrected chi connectivity index (χ4v) is 2.07. The third-order valence-electron chi connectivity index (χ3n) is 3.96. The van der Waals surface area contributed by atoms with Crippen molar-refractivity contribution in [3.05, 3.63) is 18.5 Å². The summed E-state index contributed by atoms with van der Waals surface area (Å²) in [6, 6.07) is 2.13. The molecule has 0 aromatic carbocycles. The molecule has 2 rings (SSSR count). The van der Waals surface area contributed by atoms with Crippen LogP contribution in [0.15, 0.2) is 18.5 Å². The molecule has 0 aliphatic rings. The van der Waals surface area contributed by atoms with Gasteiger partial charge in [-0.05, 0) is 33.3 Å². The van der Waals surface area contributed by atoms with Gasteiger partial charge in [0.1, 0.15) is 0 Å². The van der Waals surface area contributed by atoms with Gasteiger partial charge in [0.05, 0.1) is 23.5 Å². The summed E-state index contributed by atoms with van der Waals surface area (Å²) in [5, 5.41) is 8.12. The Kier molecular flexibility index (Phi) is 4.27. The number of rotatable bonds is 5. The van der Waals surface area contributed by atoms with E-state index in [9.17, 15) is 4.79 Å². The molecule has 0 saturated carbocycles. The maximum atomic E-state index is 12.3. The van der Waals surface area contributed by atoms with Gasteiger partial charge in [-0.25, -0.2) is 9.67 Å². The first kappa shape index (κ1) is 15.4. The predicted molar refractivity (Wildman–Crippen MR) is 84.0 cm³/mol. The second-order valence-corrected chi connectivity index (χ2v) is 5.89. The highest BCUT2D eigenvalue weighted by molar-refractivity contribution is 5.96. The monoisotopic (exact) mass is 289 g/mol. The number of anilines is 1. The molecule has 3 N–H and O–H groups in total. The number of nitrogens with zero attached hydrogens (tertiary/aromatic N) is 3. The van der Waals surface area contributed by atoms with Crippen molar-refractivity contribution in [2.24, 2.45) is 11.1 Å². The summed E-state index contributed by atoms with van der Waals surface area (Å²) in [6.07, 6.45) is 4.11. The smallest absolute Gasteiger partial charge is 0.231 e. The van der Waals surface area contributed by atoms with Gasteiger partial charge in [0.2, 0.25) is 5.91 Å². The van der Waals surface area contributed by atoms with Crippen molar-refractivity contribution in [3.63, 3.8) is 0 Å². The molecule has 0 fully saturated rings. The number of pyridine rings is 1. The zero-order valence-electron chi connectivity index (χ0n) is 13.1. The van der Waals surface area contributed by atoms with Crippen LogP contribution >= 0.6 is 0 Å². The first-order valence-electron chi connectivity index (χ1n) is 7.26. The maximum Gasteiger partial charge on any atom is 0.231 e. The van der Waals surface area contributed by atoms with E-state index < -0.39 is 5.41 Å². The lowest BCUT2D eigenvalue weighted by Crippen LogP contribution is -2.39. The fourth-order valence-electron chi connectivity index (χ4n) is 2.07. The molecule has 1 amide bonds. The van der Waals surface area contributed by atoms with Crippen molar-refractivity contribution in [1.82, 2.24) is 14.8 Å². The van der Waals surface area contributed by atoms with Crippen LogP contribution < -0.4 is 11.1 Å². The Morgan fingerprint density at radius 2 is 2.19 bits per heavy atom. The Morgan fingerprint density at radius 1 is 1.48 bits per heavy atom. The lowest BCUT2D eigenvalue weighted by molar-refractivity contribution is -0.124. The molecule has 1 unspecified atom stereocenters. The topological polar surface area (TPSA) is 85.8 Å². The predicted octanol–water partition coefficient (Wildman–Crippen LogP) is 2.33. The Bertz CT molecular complexity index is 643. The summed E-state index contributed by atoms with van der Waals surface area (Å²) in [6.45, 7) is 8.25. The molecule has 114 valence electrons. The van der Waals surface area contributed by atoms with Crippen molar-refractivity contribution in [3.8, 4) is 0 Å². The molecule has 0 aliphatic carbocycles. The van der Waals surface area contributed by atoms with Crippen LogP contribution in [0.3, 0.4) is 0 Å². The van der Waals surface area contributed by atoms with Crippen molar-refractivity contribution >= 4 is 22.6 Å². The number of nitrogens with two attached hydrogens (primary N) is 1. The van der Waals surface area contributed by atoms with Gasteiger partial charge in [0.15, 0.2) is 5.65 Å². The number of nitrogens with one attached hydrogen (secondary N) is 1. The highest BCUT2D eigenvalue weighted by Gasteiger charge is 2.29. The molecule has 0 spiro atoms. The second kappa shape index (κ2) is 5.81. The number of carbonyl (C=O) groups excluding carboxylic acids is 1. The van der Waals surface area contributed by atoms with Gasteiger partial charge in [-0.15, -0.1) is 0 Å². The Morgan fingerprint density at radius 3 is 2.76 bits per heavy atom. The SMILES string of the molecule is CCC(C)(CN)C(=O)Nc1cnc2c(cnn2C(C)C)c1. The number of aromatic nitrogens is 3. The van der Waals surface area contributed by atoms with E-state index in [0.29, 0.717) is 18.7 Å². The van der Waals surface area contributed by atoms with Crippen molar-refractivity contribution in [1.29, 1.82) is 0 Å². The summed E-state index contributed by atoms with van der Waals surface area (Å²) < 4.78 is 1.86. The third kappa shape index (κ3) is 2.90. The van der Waals surface area contributed by atoms with E-state index in [2.05, 4.69) is 29.2 Å². The molecule has 2 heterocycles. The minimum atomic E-state index is -0.558. The van der Waals surface area contributed by atoms with Crippen molar-refractivity contribution < 1.29 is 4.79 Å². The molecule has 0 bridgehead atoms. The molecule has 6 nitrogen and oxygen atoms in total. The van der Waals surface area contributed by atoms with Gasteiger partial charge in [0, 0.05) is 18.0 Å². The Hall–Kier alpha value is -1.95. The molecule has 2 aromatic heterocycles. The molecule has 2 aromatic rings. The molecule has 21 heavy (non-hydrogen) atoms. The van der Waals surface area contributed by atoms with Crippen LogP contribution in [0.4, 0.5) is 5.69 Å². The van der Waals surface area contributed by atoms with Crippen LogP contribution in [-0.2, 0) is 4.79 Å². The molecule has 0 radical (unpaired) electrons. The summed E-state index contributed by atoms with van der Waals surface area (Å²) in [5.74, 6) is -0.0788. The number of amides is 1. The molecule has 6 heteroatoms. The summed E-state index contributed by atoms with van der Waals surface area (Å²) >= 11 is 0. The van der Waals surface area contributed by atoms with E-state index in [1.54, 1.807) is 12.4 Å². The summed E-state index contributed by atoms with van der Waals surface area (Å²) in [7, 11) is 0. The molecular weight excluding hydrogens is 266 g/mol. The highest BCUT2D eigenvalue weighted by Crippen LogP contribution is 2.23. The zero-order valence-corrected chi connectivity index (χ0v) is 13.1. The lowest BCUT2D eigenvalue weighted by atomic mass is 9.86. The average Bonchev–Trinajstić information content (AvgIpc) is 2.89. The molecular formula is C15H23N5O. The third-order valence-corrected chi connectivity index (χ3v) is 3.96. The van der Waals surface area contributed by atoms with Gasteiger partial charge in [0.25, 0.3) is 0 Å². The van der Waals surface area contributed by atoms with Crippen LogP contribution in [-0.4, -0.2) is 27.2 Å². The van der Waals surface area contributed by atoms with Crippen LogP contribution in [0, 0.1) is 5.41 Å². The summed E-state index contributed by atoms with van der Waals surface area (Å²) in [5.41, 5.74) is 6.64. The van der Waals surface area contributed by atoms with Gasteiger partial charge in [-0.2, -0.15) is 5.10 Å². The van der Waals surface area contributed by atoms with Gasteiger partial charge in [-0.3, -0.25) is 4.79 Å². The van der Waals surface area contributed by atoms with Crippen molar-refractivity contribution in [2.45, 2.75) is 40.2 Å². The fraction of sp³-hybridized carbons (Fsp3) is 0.533. The van der Waals surface area contributed by atoms with E-state index in [0.717, 1.165) is 11.0 Å². The first-order valence-corrected chi connectivity index (χ1v) is 7.26. The van der Waals surface area contributed by atoms with Gasteiger partial charge < -0.3 is 11.1 Å². The molecule has 1 atom stereocenters. The maximum absolute atomic E-state index is 12.3. The quantitative estimate of drug-likeness (QED) is 0.884. The zero-order chi connectivity index (χ0) is 15.6. The van der Waals surface area contributed by atoms with E-state index >= 15 is 0 Å². The largest absolute Gasteiger partial charge is 0.329 e. The minimum Gasteiger partial charge on any atom is -0.329 e. The van der Waals surface area contributed by atoms with E-state index in [-0.39, 0.29) is 11.9 Å². The second-order valence-electron chi connectivity index (χ2n) is 5.89. The standard InChI is InChI=1S/C15H23N5O/c1-5-15(4,9-16)14(21)19-12-6-11-7-18-20(10(2)3)13(11)17-8-12/h6-8,10H,5,9,16H2,1-4H3,(H,19,21). The highest BCUT2D eigenvalue weighted by atomic mass is 16.2. The Balaban J connectivity index is 2.26. The lowest BCUT2D eigenvalue weighted by Gasteiger charge is -2.24. The van der Waals surface area contributed by atoms with Gasteiger partial charge >= 0.3 is 0 Å². The number of carbonyl (C=O) groups is 1. The number of fused-ring (bicyclic) bond motifs is 1. The average molecular weight is 289 g/mol. The molecule has 0 aliphatic heterocycles. The first-order chi connectivity index (χ1) is 9.91.